The number of carbonyl (C=O) groups excluding carboxylic acids is 1. The van der Waals surface area contributed by atoms with Crippen molar-refractivity contribution >= 4 is 5.91 Å². The largest absolute Gasteiger partial charge is 0.366 e. The third-order valence-corrected chi connectivity index (χ3v) is 2.67. The van der Waals surface area contributed by atoms with Gasteiger partial charge in [-0.05, 0) is 35.4 Å². The summed E-state index contributed by atoms with van der Waals surface area (Å²) in [4.78, 5) is 11.2. The maximum atomic E-state index is 13.5. The molecule has 1 amide bonds. The Hall–Kier alpha value is -2.23. The second kappa shape index (κ2) is 4.96. The number of primary amides is 1. The molecule has 0 aliphatic heterocycles. The van der Waals surface area contributed by atoms with Crippen LogP contribution in [0.5, 0.6) is 0 Å². The summed E-state index contributed by atoms with van der Waals surface area (Å²) in [7, 11) is 0. The molecule has 92 valence electrons. The fraction of sp³-hybridized carbons (Fsp3) is 0.0714. The van der Waals surface area contributed by atoms with Crippen molar-refractivity contribution in [3.05, 3.63) is 70.8 Å². The summed E-state index contributed by atoms with van der Waals surface area (Å²) in [5, 5.41) is 0. The van der Waals surface area contributed by atoms with Crippen molar-refractivity contribution in [2.24, 2.45) is 5.73 Å². The summed E-state index contributed by atoms with van der Waals surface area (Å²) in [6, 6.07) is 9.87. The fourth-order valence-electron chi connectivity index (χ4n) is 1.80. The zero-order valence-electron chi connectivity index (χ0n) is 9.49. The number of carbonyl (C=O) groups is 1. The molecule has 0 bridgehead atoms. The topological polar surface area (TPSA) is 43.1 Å². The first kappa shape index (κ1) is 12.2. The van der Waals surface area contributed by atoms with Crippen LogP contribution >= 0.6 is 0 Å². The second-order valence-corrected chi connectivity index (χ2v) is 3.93. The van der Waals surface area contributed by atoms with E-state index in [4.69, 9.17) is 5.73 Å². The van der Waals surface area contributed by atoms with Crippen LogP contribution in [-0.2, 0) is 6.42 Å². The summed E-state index contributed by atoms with van der Waals surface area (Å²) < 4.78 is 26.6. The highest BCUT2D eigenvalue weighted by Gasteiger charge is 2.10. The number of rotatable bonds is 3. The Kier molecular flexibility index (Phi) is 3.37. The molecule has 2 nitrogen and oxygen atoms in total. The molecule has 0 spiro atoms. The first-order valence-electron chi connectivity index (χ1n) is 5.39. The van der Waals surface area contributed by atoms with Gasteiger partial charge in [-0.3, -0.25) is 4.79 Å². The van der Waals surface area contributed by atoms with Gasteiger partial charge in [0.15, 0.2) is 0 Å². The Morgan fingerprint density at radius 2 is 1.78 bits per heavy atom. The summed E-state index contributed by atoms with van der Waals surface area (Å²) in [6.07, 6.45) is 0.128. The highest BCUT2D eigenvalue weighted by molar-refractivity contribution is 5.94. The number of halogens is 2. The second-order valence-electron chi connectivity index (χ2n) is 3.93. The molecule has 18 heavy (non-hydrogen) atoms. The average Bonchev–Trinajstić information content (AvgIpc) is 2.34. The zero-order chi connectivity index (χ0) is 13.1. The highest BCUT2D eigenvalue weighted by Crippen LogP contribution is 2.17. The summed E-state index contributed by atoms with van der Waals surface area (Å²) >= 11 is 0. The molecular formula is C14H11F2NO. The van der Waals surface area contributed by atoms with E-state index in [0.717, 1.165) is 18.2 Å². The molecule has 2 aromatic carbocycles. The standard InChI is InChI=1S/C14H11F2NO/c15-11-5-6-13(16)10(8-11)7-9-3-1-2-4-12(9)14(17)18/h1-6,8H,7H2,(H2,17,18). The van der Waals surface area contributed by atoms with Crippen LogP contribution in [0.2, 0.25) is 0 Å². The lowest BCUT2D eigenvalue weighted by molar-refractivity contribution is 0.0999. The molecule has 0 saturated carbocycles. The molecule has 0 aliphatic rings. The van der Waals surface area contributed by atoms with Gasteiger partial charge in [0.1, 0.15) is 11.6 Å². The van der Waals surface area contributed by atoms with Crippen LogP contribution in [0.15, 0.2) is 42.5 Å². The first-order chi connectivity index (χ1) is 8.58. The summed E-state index contributed by atoms with van der Waals surface area (Å²) in [6.45, 7) is 0. The van der Waals surface area contributed by atoms with Crippen LogP contribution in [0, 0.1) is 11.6 Å². The molecule has 0 saturated heterocycles. The lowest BCUT2D eigenvalue weighted by atomic mass is 9.99. The van der Waals surface area contributed by atoms with Gasteiger partial charge in [-0.1, -0.05) is 18.2 Å². The fourth-order valence-corrected chi connectivity index (χ4v) is 1.80. The third kappa shape index (κ3) is 2.53. The van der Waals surface area contributed by atoms with Crippen molar-refractivity contribution < 1.29 is 13.6 Å². The predicted molar refractivity (Wildman–Crippen MR) is 64.1 cm³/mol. The minimum absolute atomic E-state index is 0.128. The molecular weight excluding hydrogens is 236 g/mol. The lowest BCUT2D eigenvalue weighted by Gasteiger charge is -2.07. The molecule has 2 rings (SSSR count). The minimum atomic E-state index is -0.581. The number of hydrogen-bond acceptors (Lipinski definition) is 1. The lowest BCUT2D eigenvalue weighted by Crippen LogP contribution is -2.14. The van der Waals surface area contributed by atoms with E-state index in [-0.39, 0.29) is 12.0 Å². The van der Waals surface area contributed by atoms with Crippen LogP contribution in [-0.4, -0.2) is 5.91 Å². The predicted octanol–water partition coefficient (Wildman–Crippen LogP) is 2.65. The van der Waals surface area contributed by atoms with Gasteiger partial charge in [0.2, 0.25) is 5.91 Å². The Balaban J connectivity index is 2.40. The molecule has 0 fully saturated rings. The van der Waals surface area contributed by atoms with Crippen LogP contribution < -0.4 is 5.73 Å². The molecule has 0 aliphatic carbocycles. The van der Waals surface area contributed by atoms with Crippen molar-refractivity contribution in [2.75, 3.05) is 0 Å². The normalized spacial score (nSPS) is 10.3. The molecule has 0 atom stereocenters. The summed E-state index contributed by atoms with van der Waals surface area (Å²) in [5.74, 6) is -1.60. The molecule has 0 unspecified atom stereocenters. The van der Waals surface area contributed by atoms with Gasteiger partial charge in [0.05, 0.1) is 0 Å². The Labute approximate surface area is 103 Å². The smallest absolute Gasteiger partial charge is 0.248 e. The SMILES string of the molecule is NC(=O)c1ccccc1Cc1cc(F)ccc1F. The maximum absolute atomic E-state index is 13.5. The monoisotopic (exact) mass is 247 g/mol. The van der Waals surface area contributed by atoms with Crippen molar-refractivity contribution in [3.63, 3.8) is 0 Å². The maximum Gasteiger partial charge on any atom is 0.248 e. The van der Waals surface area contributed by atoms with E-state index in [1.165, 1.54) is 0 Å². The van der Waals surface area contributed by atoms with Crippen LogP contribution in [0.3, 0.4) is 0 Å². The van der Waals surface area contributed by atoms with Gasteiger partial charge in [0, 0.05) is 12.0 Å². The number of amides is 1. The van der Waals surface area contributed by atoms with Crippen LogP contribution in [0.25, 0.3) is 0 Å². The van der Waals surface area contributed by atoms with Gasteiger partial charge in [-0.15, -0.1) is 0 Å². The third-order valence-electron chi connectivity index (χ3n) is 2.67. The van der Waals surface area contributed by atoms with Crippen molar-refractivity contribution in [3.8, 4) is 0 Å². The van der Waals surface area contributed by atoms with Crippen molar-refractivity contribution in [1.82, 2.24) is 0 Å². The van der Waals surface area contributed by atoms with Gasteiger partial charge in [0.25, 0.3) is 0 Å². The van der Waals surface area contributed by atoms with E-state index in [9.17, 15) is 13.6 Å². The Bertz CT molecular complexity index is 596. The first-order valence-corrected chi connectivity index (χ1v) is 5.39. The van der Waals surface area contributed by atoms with Gasteiger partial charge >= 0.3 is 0 Å². The van der Waals surface area contributed by atoms with Gasteiger partial charge in [-0.25, -0.2) is 8.78 Å². The van der Waals surface area contributed by atoms with E-state index >= 15 is 0 Å². The zero-order valence-corrected chi connectivity index (χ0v) is 9.49. The van der Waals surface area contributed by atoms with Crippen LogP contribution in [0.4, 0.5) is 8.78 Å². The van der Waals surface area contributed by atoms with E-state index in [0.29, 0.717) is 11.1 Å². The van der Waals surface area contributed by atoms with E-state index in [1.807, 2.05) is 0 Å². The van der Waals surface area contributed by atoms with Crippen molar-refractivity contribution in [2.45, 2.75) is 6.42 Å². The molecule has 2 aromatic rings. The number of nitrogens with two attached hydrogens (primary N) is 1. The van der Waals surface area contributed by atoms with E-state index in [2.05, 4.69) is 0 Å². The van der Waals surface area contributed by atoms with E-state index < -0.39 is 17.5 Å². The number of hydrogen-bond donors (Lipinski definition) is 1. The Morgan fingerprint density at radius 1 is 1.06 bits per heavy atom. The molecule has 0 heterocycles. The quantitative estimate of drug-likeness (QED) is 0.890. The minimum Gasteiger partial charge on any atom is -0.366 e. The molecule has 4 heteroatoms. The average molecular weight is 247 g/mol. The number of benzene rings is 2. The van der Waals surface area contributed by atoms with Gasteiger partial charge < -0.3 is 5.73 Å². The Morgan fingerprint density at radius 3 is 2.50 bits per heavy atom. The summed E-state index contributed by atoms with van der Waals surface area (Å²) in [5.41, 5.74) is 6.33. The molecule has 2 N–H and O–H groups in total. The highest BCUT2D eigenvalue weighted by atomic mass is 19.1. The molecule has 0 radical (unpaired) electrons. The molecule has 0 aromatic heterocycles. The van der Waals surface area contributed by atoms with Gasteiger partial charge in [-0.2, -0.15) is 0 Å². The van der Waals surface area contributed by atoms with Crippen LogP contribution in [0.1, 0.15) is 21.5 Å². The van der Waals surface area contributed by atoms with Crippen molar-refractivity contribution in [1.29, 1.82) is 0 Å². The van der Waals surface area contributed by atoms with E-state index in [1.54, 1.807) is 24.3 Å².